The van der Waals surface area contributed by atoms with E-state index in [0.29, 0.717) is 0 Å². The maximum absolute atomic E-state index is 12.5. The van der Waals surface area contributed by atoms with E-state index in [-0.39, 0.29) is 30.4 Å². The van der Waals surface area contributed by atoms with Crippen LogP contribution in [0.25, 0.3) is 0 Å². The molecule has 1 aliphatic heterocycles. The van der Waals surface area contributed by atoms with Crippen molar-refractivity contribution in [1.29, 1.82) is 0 Å². The quantitative estimate of drug-likeness (QED) is 0.871. The Labute approximate surface area is 147 Å². The van der Waals surface area contributed by atoms with Crippen molar-refractivity contribution in [2.24, 2.45) is 5.73 Å². The maximum atomic E-state index is 12.5. The van der Waals surface area contributed by atoms with Gasteiger partial charge in [0, 0.05) is 48.7 Å². The molecule has 2 atom stereocenters. The summed E-state index contributed by atoms with van der Waals surface area (Å²) in [5.74, 6) is 0.907. The number of amides is 1. The minimum atomic E-state index is 0. The van der Waals surface area contributed by atoms with E-state index in [9.17, 15) is 4.79 Å². The normalized spacial score (nSPS) is 24.4. The van der Waals surface area contributed by atoms with Crippen LogP contribution < -0.4 is 16.0 Å². The fourth-order valence-corrected chi connectivity index (χ4v) is 3.84. The fraction of sp³-hybridized carbons (Fsp3) is 0.500. The second-order valence-corrected chi connectivity index (χ2v) is 6.91. The molecule has 0 unspecified atom stereocenters. The molecule has 2 heterocycles. The molecule has 2 aliphatic rings. The Morgan fingerprint density at radius 2 is 2.04 bits per heavy atom. The highest BCUT2D eigenvalue weighted by molar-refractivity contribution is 8.04. The highest BCUT2D eigenvalue weighted by atomic mass is 35.5. The van der Waals surface area contributed by atoms with Crippen molar-refractivity contribution >= 4 is 35.8 Å². The van der Waals surface area contributed by atoms with E-state index in [4.69, 9.17) is 5.73 Å². The lowest BCUT2D eigenvalue weighted by atomic mass is 9.91. The van der Waals surface area contributed by atoms with Gasteiger partial charge in [0.1, 0.15) is 0 Å². The number of pyridine rings is 1. The molecule has 7 heteroatoms. The van der Waals surface area contributed by atoms with Crippen LogP contribution in [0.15, 0.2) is 35.6 Å². The number of carbonyl (C=O) groups is 1. The van der Waals surface area contributed by atoms with Crippen LogP contribution in [0.3, 0.4) is 0 Å². The van der Waals surface area contributed by atoms with Crippen LogP contribution in [0, 0.1) is 0 Å². The molecule has 126 valence electrons. The van der Waals surface area contributed by atoms with Crippen LogP contribution in [0.5, 0.6) is 0 Å². The molecule has 0 aromatic carbocycles. The fourth-order valence-electron chi connectivity index (χ4n) is 2.94. The highest BCUT2D eigenvalue weighted by Crippen LogP contribution is 2.26. The summed E-state index contributed by atoms with van der Waals surface area (Å²) in [6.07, 6.45) is 9.78. The molecule has 3 rings (SSSR count). The summed E-state index contributed by atoms with van der Waals surface area (Å²) in [6, 6.07) is 4.11. The molecule has 0 spiro atoms. The van der Waals surface area contributed by atoms with Crippen molar-refractivity contribution in [1.82, 2.24) is 10.3 Å². The van der Waals surface area contributed by atoms with E-state index in [1.54, 1.807) is 24.2 Å². The monoisotopic (exact) mass is 354 g/mol. The molecule has 1 aromatic heterocycles. The van der Waals surface area contributed by atoms with E-state index in [0.717, 1.165) is 42.2 Å². The van der Waals surface area contributed by atoms with Gasteiger partial charge in [0.2, 0.25) is 0 Å². The van der Waals surface area contributed by atoms with E-state index in [1.807, 2.05) is 18.3 Å². The zero-order chi connectivity index (χ0) is 15.4. The number of nitrogens with two attached hydrogens (primary N) is 1. The molecule has 1 fully saturated rings. The number of thioether (sulfide) groups is 1. The molecule has 1 aliphatic carbocycles. The minimum Gasteiger partial charge on any atom is -0.347 e. The number of halogens is 1. The third kappa shape index (κ3) is 4.62. The van der Waals surface area contributed by atoms with Crippen LogP contribution in [0.2, 0.25) is 0 Å². The second-order valence-electron chi connectivity index (χ2n) is 5.77. The summed E-state index contributed by atoms with van der Waals surface area (Å²) in [5.41, 5.74) is 7.18. The van der Waals surface area contributed by atoms with Gasteiger partial charge in [0.05, 0.1) is 4.91 Å². The molecule has 1 aromatic rings. The third-order valence-corrected chi connectivity index (χ3v) is 5.21. The standard InChI is InChI=1S/C16H22N4OS.ClH/c17-13-3-1-2-4-14(13)19-16(21)15-11-20(9-10-22-15)12-5-7-18-8-6-12;/h5-8,11,13-14H,1-4,9-10,17H2,(H,19,21);1H/t13-,14+;/m1./s1. The van der Waals surface area contributed by atoms with Gasteiger partial charge in [-0.2, -0.15) is 0 Å². The Morgan fingerprint density at radius 3 is 2.78 bits per heavy atom. The highest BCUT2D eigenvalue weighted by Gasteiger charge is 2.26. The lowest BCUT2D eigenvalue weighted by Crippen LogP contribution is -2.49. The van der Waals surface area contributed by atoms with Crippen molar-refractivity contribution in [2.75, 3.05) is 17.2 Å². The lowest BCUT2D eigenvalue weighted by molar-refractivity contribution is -0.117. The molecule has 1 saturated carbocycles. The third-order valence-electron chi connectivity index (χ3n) is 4.22. The van der Waals surface area contributed by atoms with Gasteiger partial charge in [0.15, 0.2) is 0 Å². The summed E-state index contributed by atoms with van der Waals surface area (Å²) in [6.45, 7) is 0.897. The van der Waals surface area contributed by atoms with Crippen LogP contribution in [-0.4, -0.2) is 35.3 Å². The van der Waals surface area contributed by atoms with Crippen molar-refractivity contribution < 1.29 is 4.79 Å². The number of rotatable bonds is 3. The number of aromatic nitrogens is 1. The first kappa shape index (κ1) is 18.1. The molecule has 0 saturated heterocycles. The van der Waals surface area contributed by atoms with Gasteiger partial charge in [-0.05, 0) is 25.0 Å². The van der Waals surface area contributed by atoms with Gasteiger partial charge in [-0.1, -0.05) is 12.8 Å². The van der Waals surface area contributed by atoms with Gasteiger partial charge in [0.25, 0.3) is 5.91 Å². The first-order chi connectivity index (χ1) is 10.7. The molecule has 0 radical (unpaired) electrons. The van der Waals surface area contributed by atoms with Gasteiger partial charge >= 0.3 is 0 Å². The summed E-state index contributed by atoms with van der Waals surface area (Å²) in [5, 5.41) is 3.12. The van der Waals surface area contributed by atoms with Crippen molar-refractivity contribution in [2.45, 2.75) is 37.8 Å². The Balaban J connectivity index is 0.00000192. The van der Waals surface area contributed by atoms with Crippen LogP contribution in [0.4, 0.5) is 5.69 Å². The first-order valence-electron chi connectivity index (χ1n) is 7.82. The average molecular weight is 355 g/mol. The number of anilines is 1. The summed E-state index contributed by atoms with van der Waals surface area (Å²) < 4.78 is 0. The molecule has 3 N–H and O–H groups in total. The van der Waals surface area contributed by atoms with Crippen LogP contribution in [-0.2, 0) is 4.79 Å². The Morgan fingerprint density at radius 1 is 1.30 bits per heavy atom. The topological polar surface area (TPSA) is 71.2 Å². The zero-order valence-corrected chi connectivity index (χ0v) is 14.6. The predicted octanol–water partition coefficient (Wildman–Crippen LogP) is 2.28. The molecule has 1 amide bonds. The van der Waals surface area contributed by atoms with Crippen LogP contribution in [0.1, 0.15) is 25.7 Å². The molecule has 23 heavy (non-hydrogen) atoms. The predicted molar refractivity (Wildman–Crippen MR) is 97.7 cm³/mol. The Bertz CT molecular complexity index is 554. The van der Waals surface area contributed by atoms with Gasteiger partial charge in [-0.15, -0.1) is 24.2 Å². The number of carbonyl (C=O) groups excluding carboxylic acids is 1. The Kier molecular flexibility index (Phi) is 6.74. The number of hydrogen-bond acceptors (Lipinski definition) is 5. The SMILES string of the molecule is Cl.N[C@@H]1CCCC[C@@H]1NC(=O)C1=CN(c2ccncc2)CCS1. The van der Waals surface area contributed by atoms with Gasteiger partial charge in [-0.25, -0.2) is 0 Å². The summed E-state index contributed by atoms with van der Waals surface area (Å²) in [4.78, 5) is 19.4. The number of hydrogen-bond donors (Lipinski definition) is 2. The molecule has 0 bridgehead atoms. The van der Waals surface area contributed by atoms with E-state index in [1.165, 1.54) is 6.42 Å². The van der Waals surface area contributed by atoms with E-state index >= 15 is 0 Å². The summed E-state index contributed by atoms with van der Waals surface area (Å²) in [7, 11) is 0. The average Bonchev–Trinajstić information content (AvgIpc) is 2.58. The van der Waals surface area contributed by atoms with E-state index in [2.05, 4.69) is 15.2 Å². The lowest BCUT2D eigenvalue weighted by Gasteiger charge is -2.31. The molecular weight excluding hydrogens is 332 g/mol. The number of nitrogens with zero attached hydrogens (tertiary/aromatic N) is 2. The van der Waals surface area contributed by atoms with Crippen LogP contribution >= 0.6 is 24.2 Å². The smallest absolute Gasteiger partial charge is 0.259 e. The van der Waals surface area contributed by atoms with E-state index < -0.39 is 0 Å². The Hall–Kier alpha value is -1.24. The van der Waals surface area contributed by atoms with Gasteiger partial charge < -0.3 is 16.0 Å². The molecule has 5 nitrogen and oxygen atoms in total. The van der Waals surface area contributed by atoms with Crippen molar-refractivity contribution in [3.05, 3.63) is 35.6 Å². The zero-order valence-electron chi connectivity index (χ0n) is 13.0. The first-order valence-corrected chi connectivity index (χ1v) is 8.80. The second kappa shape index (κ2) is 8.57. The number of nitrogens with one attached hydrogen (secondary N) is 1. The molecular formula is C16H23ClN4OS. The summed E-state index contributed by atoms with van der Waals surface area (Å²) >= 11 is 1.61. The largest absolute Gasteiger partial charge is 0.347 e. The van der Waals surface area contributed by atoms with Gasteiger partial charge in [-0.3, -0.25) is 9.78 Å². The maximum Gasteiger partial charge on any atom is 0.259 e. The van der Waals surface area contributed by atoms with Crippen molar-refractivity contribution in [3.8, 4) is 0 Å². The minimum absolute atomic E-state index is 0. The van der Waals surface area contributed by atoms with Crippen molar-refractivity contribution in [3.63, 3.8) is 0 Å².